The van der Waals surface area contributed by atoms with Gasteiger partial charge in [-0.25, -0.2) is 4.98 Å². The van der Waals surface area contributed by atoms with Crippen LogP contribution in [0, 0.1) is 0 Å². The monoisotopic (exact) mass is 214 g/mol. The fourth-order valence-corrected chi connectivity index (χ4v) is 1.95. The second kappa shape index (κ2) is 4.84. The first kappa shape index (κ1) is 10.0. The maximum Gasteiger partial charge on any atom is 0.107 e. The molecular formula is C9H14N2O2S. The molecule has 78 valence electrons. The molecule has 0 unspecified atom stereocenters. The van der Waals surface area contributed by atoms with Gasteiger partial charge in [0.15, 0.2) is 0 Å². The first-order chi connectivity index (χ1) is 6.88. The number of ether oxygens (including phenoxy) is 2. The van der Waals surface area contributed by atoms with Gasteiger partial charge in [0.1, 0.15) is 11.1 Å². The molecule has 1 aliphatic heterocycles. The lowest BCUT2D eigenvalue weighted by atomic mass is 10.3. The smallest absolute Gasteiger partial charge is 0.107 e. The lowest BCUT2D eigenvalue weighted by Crippen LogP contribution is -2.35. The fraction of sp³-hybridized carbons (Fsp3) is 0.667. The highest BCUT2D eigenvalue weighted by molar-refractivity contribution is 7.09. The molecule has 5 heteroatoms. The molecule has 0 bridgehead atoms. The summed E-state index contributed by atoms with van der Waals surface area (Å²) in [5.74, 6) is 0. The Labute approximate surface area is 87.3 Å². The second-order valence-electron chi connectivity index (χ2n) is 3.23. The van der Waals surface area contributed by atoms with Gasteiger partial charge >= 0.3 is 0 Å². The molecule has 0 amide bonds. The highest BCUT2D eigenvalue weighted by Gasteiger charge is 2.18. The summed E-state index contributed by atoms with van der Waals surface area (Å²) in [5, 5.41) is 6.23. The summed E-state index contributed by atoms with van der Waals surface area (Å²) in [6.45, 7) is 2.90. The Bertz CT molecular complexity index is 286. The molecule has 2 rings (SSSR count). The molecule has 0 saturated carbocycles. The van der Waals surface area contributed by atoms with Crippen molar-refractivity contribution in [3.63, 3.8) is 0 Å². The summed E-state index contributed by atoms with van der Waals surface area (Å²) in [6.07, 6.45) is 0.282. The van der Waals surface area contributed by atoms with Crippen LogP contribution in [0.1, 0.15) is 10.7 Å². The van der Waals surface area contributed by atoms with Crippen LogP contribution in [0.2, 0.25) is 0 Å². The van der Waals surface area contributed by atoms with Gasteiger partial charge in [0.2, 0.25) is 0 Å². The fourth-order valence-electron chi connectivity index (χ4n) is 1.16. The lowest BCUT2D eigenvalue weighted by molar-refractivity contribution is -0.135. The zero-order valence-electron chi connectivity index (χ0n) is 8.16. The first-order valence-electron chi connectivity index (χ1n) is 4.65. The van der Waals surface area contributed by atoms with E-state index in [1.165, 1.54) is 0 Å². The molecule has 0 aromatic carbocycles. The van der Waals surface area contributed by atoms with Gasteiger partial charge in [0.05, 0.1) is 25.5 Å². The van der Waals surface area contributed by atoms with Gasteiger partial charge in [-0.15, -0.1) is 11.3 Å². The van der Waals surface area contributed by atoms with Crippen molar-refractivity contribution in [2.24, 2.45) is 0 Å². The second-order valence-corrected chi connectivity index (χ2v) is 4.18. The normalized spacial score (nSPS) is 16.9. The van der Waals surface area contributed by atoms with E-state index < -0.39 is 0 Å². The Kier molecular flexibility index (Phi) is 3.47. The van der Waals surface area contributed by atoms with Gasteiger partial charge in [-0.3, -0.25) is 0 Å². The van der Waals surface area contributed by atoms with Crippen molar-refractivity contribution in [1.82, 2.24) is 10.3 Å². The highest BCUT2D eigenvalue weighted by atomic mass is 32.1. The van der Waals surface area contributed by atoms with Gasteiger partial charge in [0, 0.05) is 11.9 Å². The molecule has 4 nitrogen and oxygen atoms in total. The van der Waals surface area contributed by atoms with E-state index in [0.29, 0.717) is 6.61 Å². The number of thiazole rings is 1. The lowest BCUT2D eigenvalue weighted by Gasteiger charge is -2.25. The molecule has 1 aliphatic rings. The van der Waals surface area contributed by atoms with Crippen molar-refractivity contribution in [3.8, 4) is 0 Å². The molecule has 0 spiro atoms. The minimum absolute atomic E-state index is 0.282. The largest absolute Gasteiger partial charge is 0.376 e. The summed E-state index contributed by atoms with van der Waals surface area (Å²) in [6, 6.07) is 0. The average Bonchev–Trinajstić information content (AvgIpc) is 2.51. The Morgan fingerprint density at radius 3 is 3.21 bits per heavy atom. The topological polar surface area (TPSA) is 43.4 Å². The molecular weight excluding hydrogens is 200 g/mol. The van der Waals surface area contributed by atoms with Crippen molar-refractivity contribution in [2.75, 3.05) is 20.3 Å². The van der Waals surface area contributed by atoms with E-state index in [9.17, 15) is 0 Å². The predicted octanol–water partition coefficient (Wildman–Crippen LogP) is 0.778. The summed E-state index contributed by atoms with van der Waals surface area (Å²) in [5.41, 5.74) is 1.02. The third-order valence-electron chi connectivity index (χ3n) is 2.00. The molecule has 1 N–H and O–H groups in total. The number of hydrogen-bond donors (Lipinski definition) is 1. The number of aromatic nitrogens is 1. The van der Waals surface area contributed by atoms with Crippen LogP contribution >= 0.6 is 11.3 Å². The minimum Gasteiger partial charge on any atom is -0.376 e. The molecule has 2 heterocycles. The van der Waals surface area contributed by atoms with Gasteiger partial charge in [-0.05, 0) is 7.05 Å². The Morgan fingerprint density at radius 2 is 2.57 bits per heavy atom. The number of hydrogen-bond acceptors (Lipinski definition) is 5. The van der Waals surface area contributed by atoms with Crippen LogP contribution < -0.4 is 5.32 Å². The molecule has 1 saturated heterocycles. The summed E-state index contributed by atoms with van der Waals surface area (Å²) in [7, 11) is 1.92. The Morgan fingerprint density at radius 1 is 1.71 bits per heavy atom. The van der Waals surface area contributed by atoms with E-state index >= 15 is 0 Å². The van der Waals surface area contributed by atoms with Crippen LogP contribution in [-0.2, 0) is 22.6 Å². The standard InChI is InChI=1S/C9H14N2O2S/c1-10-2-9-11-7(6-14-9)3-13-8-4-12-5-8/h6,8,10H,2-5H2,1H3. The quantitative estimate of drug-likeness (QED) is 0.786. The van der Waals surface area contributed by atoms with Crippen LogP contribution in [0.3, 0.4) is 0 Å². The molecule has 1 aromatic rings. The van der Waals surface area contributed by atoms with Crippen LogP contribution in [0.25, 0.3) is 0 Å². The number of nitrogens with one attached hydrogen (secondary N) is 1. The van der Waals surface area contributed by atoms with Crippen molar-refractivity contribution < 1.29 is 9.47 Å². The summed E-state index contributed by atoms with van der Waals surface area (Å²) in [4.78, 5) is 4.42. The van der Waals surface area contributed by atoms with Crippen LogP contribution in [0.5, 0.6) is 0 Å². The van der Waals surface area contributed by atoms with Crippen LogP contribution in [-0.4, -0.2) is 31.3 Å². The molecule has 0 aliphatic carbocycles. The van der Waals surface area contributed by atoms with Crippen LogP contribution in [0.15, 0.2) is 5.38 Å². The van der Waals surface area contributed by atoms with Crippen molar-refractivity contribution in [3.05, 3.63) is 16.1 Å². The zero-order valence-corrected chi connectivity index (χ0v) is 8.97. The number of nitrogens with zero attached hydrogens (tertiary/aromatic N) is 1. The number of rotatable bonds is 5. The van der Waals surface area contributed by atoms with Crippen molar-refractivity contribution in [2.45, 2.75) is 19.3 Å². The molecule has 1 fully saturated rings. The Balaban J connectivity index is 1.77. The van der Waals surface area contributed by atoms with Crippen LogP contribution in [0.4, 0.5) is 0 Å². The van der Waals surface area contributed by atoms with Crippen molar-refractivity contribution >= 4 is 11.3 Å². The van der Waals surface area contributed by atoms with Gasteiger partial charge in [-0.2, -0.15) is 0 Å². The van der Waals surface area contributed by atoms with Gasteiger partial charge in [-0.1, -0.05) is 0 Å². The third kappa shape index (κ3) is 2.51. The maximum absolute atomic E-state index is 5.55. The third-order valence-corrected chi connectivity index (χ3v) is 2.90. The highest BCUT2D eigenvalue weighted by Crippen LogP contribution is 2.13. The molecule has 1 aromatic heterocycles. The van der Waals surface area contributed by atoms with E-state index in [1.54, 1.807) is 11.3 Å². The average molecular weight is 214 g/mol. The SMILES string of the molecule is CNCc1nc(COC2COC2)cs1. The summed E-state index contributed by atoms with van der Waals surface area (Å²) >= 11 is 1.67. The minimum atomic E-state index is 0.282. The maximum atomic E-state index is 5.55. The van der Waals surface area contributed by atoms with E-state index in [1.807, 2.05) is 12.4 Å². The molecule has 0 radical (unpaired) electrons. The van der Waals surface area contributed by atoms with Gasteiger partial charge < -0.3 is 14.8 Å². The predicted molar refractivity (Wildman–Crippen MR) is 54.3 cm³/mol. The zero-order chi connectivity index (χ0) is 9.80. The molecule has 0 atom stereocenters. The molecule has 14 heavy (non-hydrogen) atoms. The van der Waals surface area contributed by atoms with E-state index in [2.05, 4.69) is 10.3 Å². The summed E-state index contributed by atoms with van der Waals surface area (Å²) < 4.78 is 10.6. The Hall–Kier alpha value is -0.490. The van der Waals surface area contributed by atoms with Crippen molar-refractivity contribution in [1.29, 1.82) is 0 Å². The van der Waals surface area contributed by atoms with Gasteiger partial charge in [0.25, 0.3) is 0 Å². The van der Waals surface area contributed by atoms with E-state index in [0.717, 1.165) is 30.5 Å². The van der Waals surface area contributed by atoms with E-state index in [4.69, 9.17) is 9.47 Å². The van der Waals surface area contributed by atoms with E-state index in [-0.39, 0.29) is 6.10 Å². The first-order valence-corrected chi connectivity index (χ1v) is 5.53.